The molecule has 2 aromatic carbocycles. The van der Waals surface area contributed by atoms with Gasteiger partial charge < -0.3 is 10.5 Å². The molecule has 0 aliphatic heterocycles. The van der Waals surface area contributed by atoms with Gasteiger partial charge in [0.1, 0.15) is 17.3 Å². The predicted octanol–water partition coefficient (Wildman–Crippen LogP) is 2.41. The molecule has 0 saturated heterocycles. The Hall–Kier alpha value is -1.76. The fourth-order valence-corrected chi connectivity index (χ4v) is 2.77. The summed E-state index contributed by atoms with van der Waals surface area (Å²) in [6, 6.07) is 11.8. The van der Waals surface area contributed by atoms with Gasteiger partial charge in [-0.15, -0.1) is 0 Å². The third-order valence-electron chi connectivity index (χ3n) is 2.89. The van der Waals surface area contributed by atoms with Crippen LogP contribution in [-0.2, 0) is 16.6 Å². The van der Waals surface area contributed by atoms with Gasteiger partial charge in [-0.05, 0) is 25.2 Å². The Balaban J connectivity index is 2.17. The molecule has 0 unspecified atom stereocenters. The van der Waals surface area contributed by atoms with Gasteiger partial charge in [0.15, 0.2) is 0 Å². The van der Waals surface area contributed by atoms with E-state index >= 15 is 0 Å². The minimum absolute atomic E-state index is 0.0232. The molecule has 0 aliphatic carbocycles. The average molecular weight is 327 g/mol. The van der Waals surface area contributed by atoms with Gasteiger partial charge in [0.25, 0.3) is 0 Å². The van der Waals surface area contributed by atoms with Gasteiger partial charge in [-0.2, -0.15) is 0 Å². The fraction of sp³-hybridized carbons (Fsp3) is 0.143. The number of hydrogen-bond acceptors (Lipinski definition) is 4. The second kappa shape index (κ2) is 6.34. The van der Waals surface area contributed by atoms with Gasteiger partial charge in [0, 0.05) is 16.7 Å². The van der Waals surface area contributed by atoms with Gasteiger partial charge in [-0.1, -0.05) is 29.8 Å². The monoisotopic (exact) mass is 326 g/mol. The van der Waals surface area contributed by atoms with E-state index in [2.05, 4.69) is 4.72 Å². The Kier molecular flexibility index (Phi) is 4.72. The maximum absolute atomic E-state index is 11.7. The summed E-state index contributed by atoms with van der Waals surface area (Å²) in [5.74, 6) is 0.475. The van der Waals surface area contributed by atoms with Crippen LogP contribution in [0.2, 0.25) is 5.02 Å². The van der Waals surface area contributed by atoms with E-state index in [0.29, 0.717) is 10.8 Å². The van der Waals surface area contributed by atoms with Crippen LogP contribution in [0, 0.1) is 0 Å². The van der Waals surface area contributed by atoms with E-state index in [9.17, 15) is 8.42 Å². The minimum atomic E-state index is -3.57. The number of benzene rings is 2. The maximum atomic E-state index is 11.7. The summed E-state index contributed by atoms with van der Waals surface area (Å²) in [5, 5.41) is 0.611. The number of nitrogen functional groups attached to an aromatic ring is 1. The van der Waals surface area contributed by atoms with Crippen LogP contribution < -0.4 is 15.2 Å². The number of nitrogens with one attached hydrogen (secondary N) is 1. The second-order valence-corrected chi connectivity index (χ2v) is 6.55. The number of halogens is 1. The third kappa shape index (κ3) is 3.66. The number of sulfonamides is 1. The zero-order chi connectivity index (χ0) is 15.5. The van der Waals surface area contributed by atoms with Gasteiger partial charge in [-0.3, -0.25) is 0 Å². The van der Waals surface area contributed by atoms with Crippen molar-refractivity contribution in [2.45, 2.75) is 11.5 Å². The van der Waals surface area contributed by atoms with E-state index < -0.39 is 10.0 Å². The third-order valence-corrected chi connectivity index (χ3v) is 4.75. The largest absolute Gasteiger partial charge is 0.489 e. The van der Waals surface area contributed by atoms with Crippen molar-refractivity contribution in [1.29, 1.82) is 0 Å². The Bertz CT molecular complexity index is 748. The number of nitrogens with two attached hydrogens (primary N) is 1. The summed E-state index contributed by atoms with van der Waals surface area (Å²) in [7, 11) is -2.24. The first kappa shape index (κ1) is 15.6. The molecule has 0 saturated carbocycles. The summed E-state index contributed by atoms with van der Waals surface area (Å²) in [6.07, 6.45) is 0. The van der Waals surface area contributed by atoms with Crippen LogP contribution in [0.1, 0.15) is 5.56 Å². The van der Waals surface area contributed by atoms with Crippen LogP contribution in [0.25, 0.3) is 0 Å². The number of rotatable bonds is 5. The van der Waals surface area contributed by atoms with Crippen molar-refractivity contribution >= 4 is 27.3 Å². The first-order valence-electron chi connectivity index (χ1n) is 6.13. The molecule has 0 fully saturated rings. The van der Waals surface area contributed by atoms with Crippen molar-refractivity contribution in [3.05, 3.63) is 53.1 Å². The highest BCUT2D eigenvalue weighted by Gasteiger charge is 2.15. The molecule has 21 heavy (non-hydrogen) atoms. The highest BCUT2D eigenvalue weighted by atomic mass is 35.5. The molecule has 5 nitrogen and oxygen atoms in total. The summed E-state index contributed by atoms with van der Waals surface area (Å²) in [4.78, 5) is 0.0232. The fourth-order valence-electron chi connectivity index (χ4n) is 1.75. The number of ether oxygens (including phenoxy) is 1. The van der Waals surface area contributed by atoms with Crippen molar-refractivity contribution in [2.24, 2.45) is 0 Å². The summed E-state index contributed by atoms with van der Waals surface area (Å²) >= 11 is 6.03. The molecule has 0 bridgehead atoms. The Morgan fingerprint density at radius 1 is 1.24 bits per heavy atom. The first-order chi connectivity index (χ1) is 9.94. The van der Waals surface area contributed by atoms with Crippen molar-refractivity contribution in [2.75, 3.05) is 12.8 Å². The van der Waals surface area contributed by atoms with Crippen molar-refractivity contribution < 1.29 is 13.2 Å². The SMILES string of the molecule is CNS(=O)(=O)c1ccc(OCc2ccccc2Cl)cc1N. The van der Waals surface area contributed by atoms with E-state index in [-0.39, 0.29) is 17.2 Å². The minimum Gasteiger partial charge on any atom is -0.489 e. The zero-order valence-electron chi connectivity index (χ0n) is 11.3. The Morgan fingerprint density at radius 3 is 2.57 bits per heavy atom. The molecule has 2 rings (SSSR count). The lowest BCUT2D eigenvalue weighted by molar-refractivity contribution is 0.306. The quantitative estimate of drug-likeness (QED) is 0.827. The molecule has 0 aliphatic rings. The maximum Gasteiger partial charge on any atom is 0.242 e. The first-order valence-corrected chi connectivity index (χ1v) is 7.99. The van der Waals surface area contributed by atoms with Crippen molar-refractivity contribution in [1.82, 2.24) is 4.72 Å². The highest BCUT2D eigenvalue weighted by molar-refractivity contribution is 7.89. The van der Waals surface area contributed by atoms with Crippen LogP contribution in [0.4, 0.5) is 5.69 Å². The average Bonchev–Trinajstić information content (AvgIpc) is 2.46. The summed E-state index contributed by atoms with van der Waals surface area (Å²) < 4.78 is 31.2. The molecule has 0 aromatic heterocycles. The van der Waals surface area contributed by atoms with E-state index in [1.807, 2.05) is 18.2 Å². The summed E-state index contributed by atoms with van der Waals surface area (Å²) in [6.45, 7) is 0.275. The number of hydrogen-bond donors (Lipinski definition) is 2. The van der Waals surface area contributed by atoms with Gasteiger partial charge >= 0.3 is 0 Å². The molecule has 0 atom stereocenters. The Morgan fingerprint density at radius 2 is 1.95 bits per heavy atom. The standard InChI is InChI=1S/C14H15ClN2O3S/c1-17-21(18,19)14-7-6-11(8-13(14)16)20-9-10-4-2-3-5-12(10)15/h2-8,17H,9,16H2,1H3. The lowest BCUT2D eigenvalue weighted by Crippen LogP contribution is -2.19. The van der Waals surface area contributed by atoms with Crippen LogP contribution in [0.5, 0.6) is 5.75 Å². The molecule has 0 radical (unpaired) electrons. The molecule has 0 amide bonds. The molecule has 7 heteroatoms. The van der Waals surface area contributed by atoms with E-state index in [1.54, 1.807) is 12.1 Å². The van der Waals surface area contributed by atoms with Crippen LogP contribution in [0.3, 0.4) is 0 Å². The zero-order valence-corrected chi connectivity index (χ0v) is 12.9. The van der Waals surface area contributed by atoms with Crippen LogP contribution in [-0.4, -0.2) is 15.5 Å². The van der Waals surface area contributed by atoms with Crippen LogP contribution in [0.15, 0.2) is 47.4 Å². The predicted molar refractivity (Wildman–Crippen MR) is 82.9 cm³/mol. The van der Waals surface area contributed by atoms with Gasteiger partial charge in [-0.25, -0.2) is 13.1 Å². The van der Waals surface area contributed by atoms with Crippen molar-refractivity contribution in [3.8, 4) is 5.75 Å². The smallest absolute Gasteiger partial charge is 0.242 e. The molecule has 3 N–H and O–H groups in total. The van der Waals surface area contributed by atoms with Gasteiger partial charge in [0.2, 0.25) is 10.0 Å². The summed E-state index contributed by atoms with van der Waals surface area (Å²) in [5.41, 5.74) is 6.72. The van der Waals surface area contributed by atoms with Gasteiger partial charge in [0.05, 0.1) is 5.69 Å². The normalized spacial score (nSPS) is 11.3. The van der Waals surface area contributed by atoms with Crippen LogP contribution >= 0.6 is 11.6 Å². The molecular weight excluding hydrogens is 312 g/mol. The molecule has 2 aromatic rings. The topological polar surface area (TPSA) is 81.4 Å². The lowest BCUT2D eigenvalue weighted by atomic mass is 10.2. The highest BCUT2D eigenvalue weighted by Crippen LogP contribution is 2.25. The lowest BCUT2D eigenvalue weighted by Gasteiger charge is -2.11. The van der Waals surface area contributed by atoms with E-state index in [0.717, 1.165) is 5.56 Å². The molecule has 0 heterocycles. The second-order valence-electron chi connectivity index (χ2n) is 4.29. The van der Waals surface area contributed by atoms with E-state index in [1.165, 1.54) is 19.2 Å². The molecule has 0 spiro atoms. The Labute approximate surface area is 128 Å². The molecule has 112 valence electrons. The van der Waals surface area contributed by atoms with E-state index in [4.69, 9.17) is 22.1 Å². The molecular formula is C14H15ClN2O3S. The van der Waals surface area contributed by atoms with Crippen molar-refractivity contribution in [3.63, 3.8) is 0 Å². The number of anilines is 1.